The summed E-state index contributed by atoms with van der Waals surface area (Å²) in [5, 5.41) is 121. The topological polar surface area (TPSA) is 436 Å². The molecule has 2 fully saturated rings. The Morgan fingerprint density at radius 3 is 2.12 bits per heavy atom. The standard InChI is InChI=1S/C30H50N2O17S.C25H19F2NO6/c1-3-4-15(36)7-16-17(37)9-30(47-14-35,49-26(16)24(43)19(39)11-33)13-29(28(45)46)8-18(38)23(27(48-29)25(44)20(40)12-34)32-22(42)10-31-21(41)5-6-50-2;1-2-3-6-28-24(31)12-4-5-13(25(32)33)14(7-12)23-15-8-17(26)19(29)10-21(15)34-22-11-20(30)18(27)9-16(22)23/h14,16-20,23-27,33-34,37-40,43-44H,3-13H2,1-2H3,(H,31,41)(H,32,42)(H,45,46);4-5,7-11,29H,2-3,6H2,1H3,(H,28,31)(H,32,33)/t16-,17+,18?,19-,20-,23-,24-,25-,26-,27-,29+,30+;/m1./s1. The number of rotatable bonds is 27. The van der Waals surface area contributed by atoms with Gasteiger partial charge in [-0.25, -0.2) is 18.4 Å². The van der Waals surface area contributed by atoms with Crippen LogP contribution in [0.2, 0.25) is 0 Å². The highest BCUT2D eigenvalue weighted by Gasteiger charge is 2.62. The van der Waals surface area contributed by atoms with Crippen molar-refractivity contribution in [1.82, 2.24) is 16.0 Å². The number of aromatic hydroxyl groups is 1. The Morgan fingerprint density at radius 2 is 1.51 bits per heavy atom. The third kappa shape index (κ3) is 16.3. The summed E-state index contributed by atoms with van der Waals surface area (Å²) >= 11 is 1.40. The second-order valence-corrected chi connectivity index (χ2v) is 21.3. The number of phenolic OH excluding ortho intramolecular Hbond substituents is 1. The largest absolute Gasteiger partial charge is 0.505 e. The molecule has 29 heteroatoms. The minimum Gasteiger partial charge on any atom is -0.505 e. The summed E-state index contributed by atoms with van der Waals surface area (Å²) < 4.78 is 51.2. The monoisotopic (exact) mass is 1210 g/mol. The molecular weight excluding hydrogens is 1140 g/mol. The van der Waals surface area contributed by atoms with Crippen LogP contribution in [0.3, 0.4) is 0 Å². The van der Waals surface area contributed by atoms with Crippen LogP contribution in [0.5, 0.6) is 5.75 Å². The van der Waals surface area contributed by atoms with Crippen LogP contribution < -0.4 is 21.4 Å². The first kappa shape index (κ1) is 68.0. The second-order valence-electron chi connectivity index (χ2n) is 20.3. The van der Waals surface area contributed by atoms with Gasteiger partial charge in [-0.15, -0.1) is 0 Å². The molecule has 2 aromatic carbocycles. The number of hydrogen-bond acceptors (Lipinski definition) is 22. The summed E-state index contributed by atoms with van der Waals surface area (Å²) in [5.74, 6) is -11.6. The first-order chi connectivity index (χ1) is 39.7. The highest BCUT2D eigenvalue weighted by atomic mass is 32.2. The van der Waals surface area contributed by atoms with Gasteiger partial charge in [-0.2, -0.15) is 11.8 Å². The minimum absolute atomic E-state index is 0.000677. The number of aromatic carboxylic acids is 1. The Morgan fingerprint density at radius 1 is 0.833 bits per heavy atom. The van der Waals surface area contributed by atoms with E-state index in [9.17, 15) is 103 Å². The number of carboxylic acid groups (broad SMARTS) is 2. The predicted molar refractivity (Wildman–Crippen MR) is 290 cm³/mol. The number of aliphatic hydroxyl groups is 8. The van der Waals surface area contributed by atoms with Gasteiger partial charge in [-0.05, 0) is 55.0 Å². The zero-order valence-corrected chi connectivity index (χ0v) is 46.6. The van der Waals surface area contributed by atoms with Crippen molar-refractivity contribution >= 4 is 64.6 Å². The Hall–Kier alpha value is -6.77. The lowest BCUT2D eigenvalue weighted by Crippen LogP contribution is -2.70. The molecule has 0 saturated carbocycles. The fourth-order valence-electron chi connectivity index (χ4n) is 10.0. The van der Waals surface area contributed by atoms with Crippen molar-refractivity contribution in [3.8, 4) is 28.2 Å². The van der Waals surface area contributed by atoms with Gasteiger partial charge in [0.2, 0.25) is 23.0 Å². The molecule has 84 heavy (non-hydrogen) atoms. The number of hydrogen-bond donors (Lipinski definition) is 14. The molecule has 1 aliphatic carbocycles. The Balaban J connectivity index is 0.000000329. The number of carboxylic acids is 2. The molecule has 0 spiro atoms. The smallest absolute Gasteiger partial charge is 0.336 e. The number of aliphatic hydroxyl groups excluding tert-OH is 8. The van der Waals surface area contributed by atoms with Crippen molar-refractivity contribution in [2.45, 2.75) is 138 Å². The number of thioether (sulfide) groups is 1. The number of halogens is 2. The molecule has 1 unspecified atom stereocenters. The first-order valence-corrected chi connectivity index (χ1v) is 28.0. The van der Waals surface area contributed by atoms with E-state index >= 15 is 0 Å². The van der Waals surface area contributed by atoms with E-state index in [1.165, 1.54) is 30.0 Å². The van der Waals surface area contributed by atoms with Crippen LogP contribution in [-0.2, 0) is 38.2 Å². The number of ketones is 1. The van der Waals surface area contributed by atoms with Gasteiger partial charge >= 0.3 is 11.9 Å². The van der Waals surface area contributed by atoms with E-state index in [4.69, 9.17) is 18.6 Å². The molecule has 3 heterocycles. The highest BCUT2D eigenvalue weighted by Crippen LogP contribution is 2.47. The molecule has 12 atom stereocenters. The normalized spacial score (nSPS) is 23.7. The molecule has 0 aromatic heterocycles. The van der Waals surface area contributed by atoms with Gasteiger partial charge in [0.05, 0.1) is 56.1 Å². The summed E-state index contributed by atoms with van der Waals surface area (Å²) in [6, 6.07) is 5.90. The number of Topliss-reactive ketones (excluding diaryl/α,β-unsaturated/α-hetero) is 1. The molecule has 6 rings (SSSR count). The van der Waals surface area contributed by atoms with Crippen molar-refractivity contribution in [2.24, 2.45) is 5.92 Å². The van der Waals surface area contributed by atoms with Gasteiger partial charge in [0.1, 0.15) is 47.6 Å². The van der Waals surface area contributed by atoms with Crippen LogP contribution in [0.15, 0.2) is 51.7 Å². The first-order valence-electron chi connectivity index (χ1n) is 26.6. The van der Waals surface area contributed by atoms with Gasteiger partial charge in [0, 0.05) is 84.5 Å². The van der Waals surface area contributed by atoms with E-state index in [1.807, 2.05) is 6.92 Å². The summed E-state index contributed by atoms with van der Waals surface area (Å²) in [6.07, 6.45) is -14.3. The molecule has 26 nitrogen and oxygen atoms in total. The van der Waals surface area contributed by atoms with Crippen molar-refractivity contribution in [1.29, 1.82) is 0 Å². The van der Waals surface area contributed by atoms with E-state index < -0.39 is 164 Å². The molecule has 3 aliphatic heterocycles. The van der Waals surface area contributed by atoms with E-state index in [2.05, 4.69) is 16.0 Å². The molecular formula is C55H69F2N3O23S. The maximum atomic E-state index is 14.3. The second kappa shape index (κ2) is 30.3. The number of carbonyl (C=O) groups excluding carboxylic acids is 5. The number of nitrogens with one attached hydrogen (secondary N) is 3. The van der Waals surface area contributed by atoms with Gasteiger partial charge in [-0.1, -0.05) is 20.3 Å². The van der Waals surface area contributed by atoms with Gasteiger partial charge in [0.15, 0.2) is 23.0 Å². The average molecular weight is 1210 g/mol. The number of ether oxygens (including phenoxy) is 3. The molecule has 14 N–H and O–H groups in total. The molecule has 4 aliphatic rings. The summed E-state index contributed by atoms with van der Waals surface area (Å²) in [6.45, 7) is 1.31. The Bertz CT molecular complexity index is 3020. The number of amides is 3. The van der Waals surface area contributed by atoms with Crippen LogP contribution in [-0.4, -0.2) is 203 Å². The van der Waals surface area contributed by atoms with Crippen molar-refractivity contribution in [3.63, 3.8) is 0 Å². The fourth-order valence-corrected chi connectivity index (χ4v) is 10.4. The average Bonchev–Trinajstić information content (AvgIpc) is 0.922. The van der Waals surface area contributed by atoms with Crippen LogP contribution >= 0.6 is 11.8 Å². The number of aliphatic carboxylic acids is 1. The van der Waals surface area contributed by atoms with Crippen LogP contribution in [0.25, 0.3) is 33.4 Å². The maximum absolute atomic E-state index is 14.3. The molecule has 462 valence electrons. The maximum Gasteiger partial charge on any atom is 0.336 e. The third-order valence-electron chi connectivity index (χ3n) is 14.2. The number of benzene rings is 3. The number of phenols is 1. The van der Waals surface area contributed by atoms with Gasteiger partial charge in [0.25, 0.3) is 12.4 Å². The van der Waals surface area contributed by atoms with Gasteiger partial charge < -0.3 is 90.7 Å². The summed E-state index contributed by atoms with van der Waals surface area (Å²) in [5.41, 5.74) is -3.80. The zero-order valence-electron chi connectivity index (χ0n) is 45.8. The number of fused-ring (bicyclic) bond motifs is 2. The fraction of sp³-hybridized carbons (Fsp3) is 0.527. The van der Waals surface area contributed by atoms with Crippen LogP contribution in [0.4, 0.5) is 8.78 Å². The number of unbranched alkanes of at least 4 members (excludes halogenated alkanes) is 1. The zero-order chi connectivity index (χ0) is 62.4. The lowest BCUT2D eigenvalue weighted by Gasteiger charge is -2.52. The van der Waals surface area contributed by atoms with E-state index in [0.717, 1.165) is 37.1 Å². The molecule has 2 saturated heterocycles. The third-order valence-corrected chi connectivity index (χ3v) is 14.9. The highest BCUT2D eigenvalue weighted by molar-refractivity contribution is 7.98. The SMILES string of the molecule is CCCC(=O)C[C@H]1[C@H]([C@H](O)[C@H](O)CO)O[C@@](C[C@]2(C(=O)O)CC(O)[C@@H](NC(=O)CNC(=O)CCSC)[C@H]([C@H](O)[C@H](O)CO)O2)(OC=O)C[C@@H]1O.CCCCNC(=O)c1ccc(C(=O)O)c(-c2c3cc(F)c(=O)cc-3oc3cc(O)c(F)cc23)c1. The summed E-state index contributed by atoms with van der Waals surface area (Å²) in [4.78, 5) is 98.6. The van der Waals surface area contributed by atoms with Crippen molar-refractivity contribution < 1.29 is 117 Å². The van der Waals surface area contributed by atoms with Crippen molar-refractivity contribution in [2.75, 3.05) is 38.3 Å². The number of carbonyl (C=O) groups is 7. The molecule has 2 aromatic rings. The quantitative estimate of drug-likeness (QED) is 0.0217. The van der Waals surface area contributed by atoms with E-state index in [1.54, 1.807) is 13.2 Å². The van der Waals surface area contributed by atoms with E-state index in [-0.39, 0.29) is 76.1 Å². The van der Waals surface area contributed by atoms with Crippen LogP contribution in [0.1, 0.15) is 92.4 Å². The minimum atomic E-state index is -2.70. The van der Waals surface area contributed by atoms with Crippen LogP contribution in [0, 0.1) is 17.6 Å². The molecule has 3 amide bonds. The predicted octanol–water partition coefficient (Wildman–Crippen LogP) is 0.303. The lowest BCUT2D eigenvalue weighted by atomic mass is 9.75. The summed E-state index contributed by atoms with van der Waals surface area (Å²) in [7, 11) is 0. The van der Waals surface area contributed by atoms with Gasteiger partial charge in [-0.3, -0.25) is 28.8 Å². The van der Waals surface area contributed by atoms with Crippen molar-refractivity contribution in [3.05, 3.63) is 75.4 Å². The van der Waals surface area contributed by atoms with E-state index in [0.29, 0.717) is 18.7 Å². The lowest BCUT2D eigenvalue weighted by molar-refractivity contribution is -0.334. The Labute approximate surface area is 482 Å². The molecule has 0 radical (unpaired) electrons. The Kier molecular flexibility index (Phi) is 24.6. The molecule has 0 bridgehead atoms.